The maximum atomic E-state index is 11.7. The molecule has 0 saturated carbocycles. The summed E-state index contributed by atoms with van der Waals surface area (Å²) >= 11 is 0. The zero-order chi connectivity index (χ0) is 12.1. The molecule has 0 unspecified atom stereocenters. The van der Waals surface area contributed by atoms with Crippen LogP contribution in [0.2, 0.25) is 0 Å². The first-order valence-corrected chi connectivity index (χ1v) is 5.35. The number of hydrogen-bond acceptors (Lipinski definition) is 1. The third-order valence-corrected chi connectivity index (χ3v) is 2.22. The summed E-state index contributed by atoms with van der Waals surface area (Å²) in [5.41, 5.74) is 4.56. The van der Waals surface area contributed by atoms with Gasteiger partial charge in [0.2, 0.25) is 0 Å². The van der Waals surface area contributed by atoms with Crippen molar-refractivity contribution in [2.75, 3.05) is 10.7 Å². The van der Waals surface area contributed by atoms with Crippen LogP contribution in [0.15, 0.2) is 54.9 Å². The van der Waals surface area contributed by atoms with E-state index in [0.29, 0.717) is 0 Å². The SMILES string of the molecule is Cc1cccc(NC(=O)N[n+]2ccccc2)c1. The summed E-state index contributed by atoms with van der Waals surface area (Å²) in [6.07, 6.45) is 3.52. The molecule has 0 saturated heterocycles. The normalized spacial score (nSPS) is 9.71. The lowest BCUT2D eigenvalue weighted by Crippen LogP contribution is -2.49. The molecular formula is C13H14N3O+. The van der Waals surface area contributed by atoms with E-state index < -0.39 is 0 Å². The Bertz CT molecular complexity index is 511. The van der Waals surface area contributed by atoms with Gasteiger partial charge in [-0.2, -0.15) is 0 Å². The number of anilines is 1. The number of carbonyl (C=O) groups excluding carboxylic acids is 1. The van der Waals surface area contributed by atoms with Gasteiger partial charge in [0.1, 0.15) is 0 Å². The van der Waals surface area contributed by atoms with Crippen LogP contribution in [0, 0.1) is 6.92 Å². The van der Waals surface area contributed by atoms with Gasteiger partial charge in [-0.05, 0) is 24.6 Å². The maximum Gasteiger partial charge on any atom is 0.372 e. The quantitative estimate of drug-likeness (QED) is 0.759. The lowest BCUT2D eigenvalue weighted by atomic mass is 10.2. The smallest absolute Gasteiger partial charge is 0.304 e. The Labute approximate surface area is 99.9 Å². The second-order valence-electron chi connectivity index (χ2n) is 3.72. The molecule has 4 heteroatoms. The topological polar surface area (TPSA) is 45.0 Å². The largest absolute Gasteiger partial charge is 0.372 e. The highest BCUT2D eigenvalue weighted by atomic mass is 16.2. The molecule has 0 aliphatic rings. The molecule has 0 bridgehead atoms. The lowest BCUT2D eigenvalue weighted by Gasteiger charge is -2.04. The highest BCUT2D eigenvalue weighted by Crippen LogP contribution is 2.08. The predicted octanol–water partition coefficient (Wildman–Crippen LogP) is 2.06. The standard InChI is InChI=1S/C13H13N3O/c1-11-6-5-7-12(10-11)14-13(17)15-16-8-3-2-4-9-16/h2-10H,1H3,(H-,14,15,17)/p+1. The summed E-state index contributed by atoms with van der Waals surface area (Å²) < 4.78 is 1.59. The number of carbonyl (C=O) groups is 1. The Morgan fingerprint density at radius 2 is 1.88 bits per heavy atom. The molecule has 0 fully saturated rings. The second kappa shape index (κ2) is 5.12. The van der Waals surface area contributed by atoms with Gasteiger partial charge in [0, 0.05) is 17.8 Å². The molecular weight excluding hydrogens is 214 g/mol. The van der Waals surface area contributed by atoms with E-state index in [1.54, 1.807) is 17.1 Å². The number of aryl methyl sites for hydroxylation is 1. The molecule has 0 aliphatic heterocycles. The Morgan fingerprint density at radius 1 is 1.12 bits per heavy atom. The van der Waals surface area contributed by atoms with Crippen LogP contribution in [-0.2, 0) is 0 Å². The van der Waals surface area contributed by atoms with Crippen LogP contribution in [0.3, 0.4) is 0 Å². The highest BCUT2D eigenvalue weighted by molar-refractivity contribution is 5.93. The van der Waals surface area contributed by atoms with E-state index in [9.17, 15) is 4.79 Å². The van der Waals surface area contributed by atoms with Gasteiger partial charge in [0.25, 0.3) is 0 Å². The van der Waals surface area contributed by atoms with E-state index in [4.69, 9.17) is 0 Å². The van der Waals surface area contributed by atoms with Crippen molar-refractivity contribution in [2.45, 2.75) is 6.92 Å². The lowest BCUT2D eigenvalue weighted by molar-refractivity contribution is -0.641. The molecule has 1 aromatic heterocycles. The Morgan fingerprint density at radius 3 is 2.59 bits per heavy atom. The average molecular weight is 228 g/mol. The zero-order valence-corrected chi connectivity index (χ0v) is 9.55. The Balaban J connectivity index is 1.98. The number of rotatable bonds is 2. The molecule has 17 heavy (non-hydrogen) atoms. The first kappa shape index (κ1) is 11.1. The van der Waals surface area contributed by atoms with Crippen LogP contribution < -0.4 is 15.4 Å². The third-order valence-electron chi connectivity index (χ3n) is 2.22. The van der Waals surface area contributed by atoms with Gasteiger partial charge in [-0.3, -0.25) is 0 Å². The van der Waals surface area contributed by atoms with Crippen LogP contribution in [0.5, 0.6) is 0 Å². The monoisotopic (exact) mass is 228 g/mol. The van der Waals surface area contributed by atoms with Crippen LogP contribution >= 0.6 is 0 Å². The van der Waals surface area contributed by atoms with Crippen molar-refractivity contribution in [3.05, 3.63) is 60.4 Å². The fraction of sp³-hybridized carbons (Fsp3) is 0.0769. The summed E-state index contributed by atoms with van der Waals surface area (Å²) in [5, 5.41) is 2.76. The van der Waals surface area contributed by atoms with Crippen LogP contribution in [-0.4, -0.2) is 6.03 Å². The molecule has 4 nitrogen and oxygen atoms in total. The highest BCUT2D eigenvalue weighted by Gasteiger charge is 2.06. The minimum absolute atomic E-state index is 0.271. The molecule has 0 atom stereocenters. The number of nitrogens with one attached hydrogen (secondary N) is 2. The van der Waals surface area contributed by atoms with Gasteiger partial charge < -0.3 is 5.32 Å². The van der Waals surface area contributed by atoms with Crippen molar-refractivity contribution in [1.29, 1.82) is 0 Å². The summed E-state index contributed by atoms with van der Waals surface area (Å²) in [4.78, 5) is 11.7. The molecule has 86 valence electrons. The first-order chi connectivity index (χ1) is 8.24. The second-order valence-corrected chi connectivity index (χ2v) is 3.72. The van der Waals surface area contributed by atoms with Gasteiger partial charge in [-0.1, -0.05) is 22.9 Å². The molecule has 0 spiro atoms. The van der Waals surface area contributed by atoms with Crippen molar-refractivity contribution in [1.82, 2.24) is 0 Å². The zero-order valence-electron chi connectivity index (χ0n) is 9.55. The first-order valence-electron chi connectivity index (χ1n) is 5.35. The summed E-state index contributed by atoms with van der Waals surface area (Å²) in [7, 11) is 0. The Hall–Kier alpha value is -2.36. The number of urea groups is 1. The minimum atomic E-state index is -0.271. The fourth-order valence-corrected chi connectivity index (χ4v) is 1.47. The molecule has 1 heterocycles. The van der Waals surface area contributed by atoms with Crippen molar-refractivity contribution >= 4 is 11.7 Å². The maximum absolute atomic E-state index is 11.7. The number of hydrogen-bond donors (Lipinski definition) is 2. The van der Waals surface area contributed by atoms with E-state index >= 15 is 0 Å². The number of benzene rings is 1. The van der Waals surface area contributed by atoms with Crippen molar-refractivity contribution in [3.8, 4) is 0 Å². The third kappa shape index (κ3) is 3.31. The van der Waals surface area contributed by atoms with Crippen molar-refractivity contribution < 1.29 is 9.47 Å². The minimum Gasteiger partial charge on any atom is -0.304 e. The van der Waals surface area contributed by atoms with Gasteiger partial charge in [-0.25, -0.2) is 4.79 Å². The van der Waals surface area contributed by atoms with Gasteiger partial charge in [0.15, 0.2) is 12.4 Å². The van der Waals surface area contributed by atoms with Gasteiger partial charge in [0.05, 0.1) is 0 Å². The summed E-state index contributed by atoms with van der Waals surface area (Å²) in [5.74, 6) is 0. The summed E-state index contributed by atoms with van der Waals surface area (Å²) in [6.45, 7) is 1.98. The van der Waals surface area contributed by atoms with Gasteiger partial charge >= 0.3 is 6.03 Å². The van der Waals surface area contributed by atoms with Crippen LogP contribution in [0.25, 0.3) is 0 Å². The number of amides is 2. The van der Waals surface area contributed by atoms with Crippen molar-refractivity contribution in [3.63, 3.8) is 0 Å². The number of pyridine rings is 1. The molecule has 2 rings (SSSR count). The van der Waals surface area contributed by atoms with E-state index in [1.807, 2.05) is 49.4 Å². The average Bonchev–Trinajstić information content (AvgIpc) is 2.30. The van der Waals surface area contributed by atoms with E-state index in [2.05, 4.69) is 10.7 Å². The van der Waals surface area contributed by atoms with E-state index in [0.717, 1.165) is 11.3 Å². The van der Waals surface area contributed by atoms with Crippen LogP contribution in [0.4, 0.5) is 10.5 Å². The summed E-state index contributed by atoms with van der Waals surface area (Å²) in [6, 6.07) is 12.9. The molecule has 2 aromatic rings. The molecule has 2 N–H and O–H groups in total. The van der Waals surface area contributed by atoms with E-state index in [-0.39, 0.29) is 6.03 Å². The molecule has 2 amide bonds. The number of aromatic nitrogens is 1. The fourth-order valence-electron chi connectivity index (χ4n) is 1.47. The molecule has 1 aromatic carbocycles. The van der Waals surface area contributed by atoms with Crippen molar-refractivity contribution in [2.24, 2.45) is 0 Å². The van der Waals surface area contributed by atoms with Gasteiger partial charge in [-0.15, -0.1) is 5.43 Å². The molecule has 0 aliphatic carbocycles. The van der Waals surface area contributed by atoms with E-state index in [1.165, 1.54) is 0 Å². The number of nitrogens with zero attached hydrogens (tertiary/aromatic N) is 1. The Kier molecular flexibility index (Phi) is 3.35. The van der Waals surface area contributed by atoms with Crippen LogP contribution in [0.1, 0.15) is 5.56 Å². The predicted molar refractivity (Wildman–Crippen MR) is 66.2 cm³/mol. The molecule has 0 radical (unpaired) electrons.